The van der Waals surface area contributed by atoms with Crippen LogP contribution in [0.1, 0.15) is 12.8 Å². The lowest BCUT2D eigenvalue weighted by Crippen LogP contribution is -2.44. The summed E-state index contributed by atoms with van der Waals surface area (Å²) >= 11 is 0. The number of likely N-dealkylation sites (N-methyl/N-ethyl adjacent to an activating group) is 1. The summed E-state index contributed by atoms with van der Waals surface area (Å²) in [6, 6.07) is 0. The van der Waals surface area contributed by atoms with E-state index in [1.54, 1.807) is 4.90 Å². The van der Waals surface area contributed by atoms with Crippen LogP contribution in [0, 0.1) is 0 Å². The molecule has 0 aliphatic carbocycles. The molecular weight excluding hydrogens is 336 g/mol. The summed E-state index contributed by atoms with van der Waals surface area (Å²) in [5, 5.41) is 10.3. The number of sulfone groups is 1. The van der Waals surface area contributed by atoms with Gasteiger partial charge in [-0.05, 0) is 14.1 Å². The van der Waals surface area contributed by atoms with Gasteiger partial charge < -0.3 is 24.4 Å². The van der Waals surface area contributed by atoms with Crippen molar-refractivity contribution in [1.29, 1.82) is 0 Å². The van der Waals surface area contributed by atoms with Gasteiger partial charge in [0.25, 0.3) is 0 Å². The molecule has 0 unspecified atom stereocenters. The first kappa shape index (κ1) is 18.1. The van der Waals surface area contributed by atoms with Gasteiger partial charge in [0, 0.05) is 26.1 Å². The lowest BCUT2D eigenvalue weighted by atomic mass is 10.1. The topological polar surface area (TPSA) is 96.4 Å². The second kappa shape index (κ2) is 6.87. The minimum Gasteiger partial charge on any atom is -0.388 e. The average Bonchev–Trinajstić information content (AvgIpc) is 2.98. The standard InChI is InChI=1S/C15H26N2O6S/c1-16(2)9-12-14(19)15-11(23-12)7-10(22-15)8-13(18)17-3-5-24(20,21)6-4-17/h10-12,14-15,19H,3-9H2,1-2H3/t10-,11-,12-,14-,15+/m1/s1. The lowest BCUT2D eigenvalue weighted by Gasteiger charge is -2.28. The number of carbonyl (C=O) groups excluding carboxylic acids is 1. The van der Waals surface area contributed by atoms with E-state index in [0.717, 1.165) is 0 Å². The number of carbonyl (C=O) groups is 1. The van der Waals surface area contributed by atoms with Gasteiger partial charge >= 0.3 is 0 Å². The number of nitrogens with zero attached hydrogens (tertiary/aromatic N) is 2. The van der Waals surface area contributed by atoms with E-state index in [9.17, 15) is 18.3 Å². The fourth-order valence-corrected chi connectivity index (χ4v) is 4.84. The number of aliphatic hydroxyl groups excluding tert-OH is 1. The molecule has 0 radical (unpaired) electrons. The Hall–Kier alpha value is -0.740. The van der Waals surface area contributed by atoms with E-state index in [1.807, 2.05) is 19.0 Å². The second-order valence-electron chi connectivity index (χ2n) is 7.16. The summed E-state index contributed by atoms with van der Waals surface area (Å²) < 4.78 is 34.6. The molecule has 0 bridgehead atoms. The number of aliphatic hydroxyl groups is 1. The molecule has 1 N–H and O–H groups in total. The van der Waals surface area contributed by atoms with E-state index in [-0.39, 0.29) is 61.3 Å². The van der Waals surface area contributed by atoms with Crippen LogP contribution in [0.25, 0.3) is 0 Å². The number of hydrogen-bond donors (Lipinski definition) is 1. The van der Waals surface area contributed by atoms with Gasteiger partial charge in [-0.3, -0.25) is 4.79 Å². The maximum Gasteiger partial charge on any atom is 0.225 e. The Bertz CT molecular complexity index is 567. The highest BCUT2D eigenvalue weighted by Gasteiger charge is 2.50. The Morgan fingerprint density at radius 1 is 1.25 bits per heavy atom. The van der Waals surface area contributed by atoms with Gasteiger partial charge in [0.05, 0.1) is 36.2 Å². The minimum absolute atomic E-state index is 0.0313. The Kier molecular flexibility index (Phi) is 5.17. The molecular formula is C15H26N2O6S. The van der Waals surface area contributed by atoms with Gasteiger partial charge in [-0.1, -0.05) is 0 Å². The Balaban J connectivity index is 1.49. The normalized spacial score (nSPS) is 38.5. The predicted octanol–water partition coefficient (Wildman–Crippen LogP) is -1.52. The van der Waals surface area contributed by atoms with Crippen LogP contribution in [-0.2, 0) is 24.1 Å². The minimum atomic E-state index is -2.99. The highest BCUT2D eigenvalue weighted by atomic mass is 32.2. The van der Waals surface area contributed by atoms with Crippen molar-refractivity contribution in [3.8, 4) is 0 Å². The van der Waals surface area contributed by atoms with E-state index in [0.29, 0.717) is 13.0 Å². The maximum absolute atomic E-state index is 12.3. The SMILES string of the molecule is CN(C)C[C@H]1O[C@@H]2C[C@H](CC(=O)N3CCS(=O)(=O)CC3)O[C@@H]2[C@@H]1O. The fraction of sp³-hybridized carbons (Fsp3) is 0.933. The molecule has 5 atom stereocenters. The van der Waals surface area contributed by atoms with Gasteiger partial charge in [0.15, 0.2) is 9.84 Å². The molecule has 3 heterocycles. The zero-order valence-electron chi connectivity index (χ0n) is 14.1. The number of rotatable bonds is 4. The van der Waals surface area contributed by atoms with Crippen LogP contribution in [0.3, 0.4) is 0 Å². The predicted molar refractivity (Wildman–Crippen MR) is 86.4 cm³/mol. The quantitative estimate of drug-likeness (QED) is 0.649. The highest BCUT2D eigenvalue weighted by Crippen LogP contribution is 2.35. The summed E-state index contributed by atoms with van der Waals surface area (Å²) in [6.07, 6.45) is -0.984. The molecule has 24 heavy (non-hydrogen) atoms. The first-order chi connectivity index (χ1) is 11.2. The Morgan fingerprint density at radius 3 is 2.50 bits per heavy atom. The second-order valence-corrected chi connectivity index (χ2v) is 9.46. The van der Waals surface area contributed by atoms with Crippen LogP contribution in [-0.4, -0.2) is 105 Å². The van der Waals surface area contributed by atoms with Crippen molar-refractivity contribution in [3.05, 3.63) is 0 Å². The van der Waals surface area contributed by atoms with Gasteiger partial charge in [0.1, 0.15) is 12.2 Å². The van der Waals surface area contributed by atoms with E-state index in [4.69, 9.17) is 9.47 Å². The summed E-state index contributed by atoms with van der Waals surface area (Å²) in [6.45, 7) is 1.14. The molecule has 0 saturated carbocycles. The van der Waals surface area contributed by atoms with E-state index in [1.165, 1.54) is 0 Å². The third-order valence-corrected chi connectivity index (χ3v) is 6.53. The zero-order valence-corrected chi connectivity index (χ0v) is 14.9. The Morgan fingerprint density at radius 2 is 1.92 bits per heavy atom. The molecule has 3 rings (SSSR count). The van der Waals surface area contributed by atoms with Gasteiger partial charge in [0.2, 0.25) is 5.91 Å². The van der Waals surface area contributed by atoms with Crippen molar-refractivity contribution in [2.24, 2.45) is 0 Å². The van der Waals surface area contributed by atoms with Crippen LogP contribution in [0.5, 0.6) is 0 Å². The molecule has 3 aliphatic heterocycles. The van der Waals surface area contributed by atoms with E-state index < -0.39 is 15.9 Å². The third-order valence-electron chi connectivity index (χ3n) is 4.92. The van der Waals surface area contributed by atoms with Crippen LogP contribution in [0.4, 0.5) is 0 Å². The molecule has 0 aromatic heterocycles. The molecule has 1 amide bonds. The molecule has 138 valence electrons. The first-order valence-corrected chi connectivity index (χ1v) is 10.2. The first-order valence-electron chi connectivity index (χ1n) is 8.37. The van der Waals surface area contributed by atoms with Gasteiger partial charge in [-0.2, -0.15) is 0 Å². The molecule has 0 spiro atoms. The monoisotopic (exact) mass is 362 g/mol. The maximum atomic E-state index is 12.3. The number of ether oxygens (including phenoxy) is 2. The number of amides is 1. The van der Waals surface area contributed by atoms with Gasteiger partial charge in [-0.15, -0.1) is 0 Å². The molecule has 0 aromatic carbocycles. The molecule has 3 aliphatic rings. The van der Waals surface area contributed by atoms with Crippen molar-refractivity contribution in [3.63, 3.8) is 0 Å². The van der Waals surface area contributed by atoms with Crippen molar-refractivity contribution in [2.75, 3.05) is 45.2 Å². The fourth-order valence-electron chi connectivity index (χ4n) is 3.64. The van der Waals surface area contributed by atoms with Crippen molar-refractivity contribution >= 4 is 15.7 Å². The Labute approximate surface area is 142 Å². The number of fused-ring (bicyclic) bond motifs is 1. The molecule has 0 aromatic rings. The van der Waals surface area contributed by atoms with Crippen LogP contribution >= 0.6 is 0 Å². The number of hydrogen-bond acceptors (Lipinski definition) is 7. The lowest BCUT2D eigenvalue weighted by molar-refractivity contribution is -0.134. The summed E-state index contributed by atoms with van der Waals surface area (Å²) in [4.78, 5) is 15.9. The smallest absolute Gasteiger partial charge is 0.225 e. The summed E-state index contributed by atoms with van der Waals surface area (Å²) in [5.74, 6) is -0.0261. The largest absolute Gasteiger partial charge is 0.388 e. The van der Waals surface area contributed by atoms with Crippen molar-refractivity contribution < 1.29 is 27.8 Å². The highest BCUT2D eigenvalue weighted by molar-refractivity contribution is 7.91. The molecule has 3 saturated heterocycles. The molecule has 3 fully saturated rings. The van der Waals surface area contributed by atoms with E-state index >= 15 is 0 Å². The van der Waals surface area contributed by atoms with Crippen LogP contribution < -0.4 is 0 Å². The summed E-state index contributed by atoms with van der Waals surface area (Å²) in [5.41, 5.74) is 0. The molecule has 9 heteroatoms. The van der Waals surface area contributed by atoms with Crippen molar-refractivity contribution in [1.82, 2.24) is 9.80 Å². The molecule has 8 nitrogen and oxygen atoms in total. The average molecular weight is 362 g/mol. The third kappa shape index (κ3) is 3.91. The van der Waals surface area contributed by atoms with E-state index in [2.05, 4.69) is 0 Å². The van der Waals surface area contributed by atoms with Crippen LogP contribution in [0.15, 0.2) is 0 Å². The summed E-state index contributed by atoms with van der Waals surface area (Å²) in [7, 11) is 0.849. The van der Waals surface area contributed by atoms with Crippen LogP contribution in [0.2, 0.25) is 0 Å². The van der Waals surface area contributed by atoms with Gasteiger partial charge in [-0.25, -0.2) is 8.42 Å². The zero-order chi connectivity index (χ0) is 17.5. The van der Waals surface area contributed by atoms with Crippen molar-refractivity contribution in [2.45, 2.75) is 43.4 Å².